The van der Waals surface area contributed by atoms with E-state index in [2.05, 4.69) is 19.1 Å². The molecular weight excluding hydrogens is 220 g/mol. The molecule has 0 bridgehead atoms. The average molecular weight is 240 g/mol. The predicted molar refractivity (Wildman–Crippen MR) is 74.2 cm³/mol. The van der Waals surface area contributed by atoms with E-state index >= 15 is 0 Å². The zero-order valence-corrected chi connectivity index (χ0v) is 11.0. The number of carbonyl (C=O) groups is 1. The smallest absolute Gasteiger partial charge is 0.173 e. The molecule has 1 heteroatoms. The summed E-state index contributed by atoms with van der Waals surface area (Å²) in [4.78, 5) is 12.7. The minimum absolute atomic E-state index is 0.0574. The molecule has 1 spiro atoms. The number of benzene rings is 1. The number of rotatable bonds is 2. The van der Waals surface area contributed by atoms with Crippen molar-refractivity contribution in [3.8, 4) is 0 Å². The molecule has 1 nitrogen and oxygen atoms in total. The normalized spacial score (nSPS) is 22.2. The van der Waals surface area contributed by atoms with Crippen LogP contribution in [0.2, 0.25) is 0 Å². The van der Waals surface area contributed by atoms with Crippen molar-refractivity contribution < 1.29 is 4.79 Å². The van der Waals surface area contributed by atoms with E-state index < -0.39 is 0 Å². The number of ketones is 1. The summed E-state index contributed by atoms with van der Waals surface area (Å²) < 4.78 is 0. The minimum atomic E-state index is -0.0574. The fraction of sp³-hybridized carbons (Fsp3) is 0.471. The van der Waals surface area contributed by atoms with Gasteiger partial charge in [-0.2, -0.15) is 0 Å². The van der Waals surface area contributed by atoms with Crippen LogP contribution in [0.5, 0.6) is 0 Å². The molecule has 0 saturated heterocycles. The number of hydrogen-bond donors (Lipinski definition) is 0. The van der Waals surface area contributed by atoms with E-state index in [1.165, 1.54) is 24.8 Å². The van der Waals surface area contributed by atoms with Gasteiger partial charge in [-0.3, -0.25) is 4.79 Å². The molecule has 2 aliphatic rings. The molecule has 2 aliphatic carbocycles. The van der Waals surface area contributed by atoms with Crippen LogP contribution < -0.4 is 0 Å². The first-order valence-electron chi connectivity index (χ1n) is 7.13. The van der Waals surface area contributed by atoms with Crippen LogP contribution in [0.4, 0.5) is 0 Å². The largest absolute Gasteiger partial charge is 0.293 e. The quantitative estimate of drug-likeness (QED) is 0.749. The predicted octanol–water partition coefficient (Wildman–Crippen LogP) is 4.38. The van der Waals surface area contributed by atoms with Crippen LogP contribution in [-0.2, 0) is 4.79 Å². The standard InChI is InChI=1S/C17H20O/c1-2-14-15(13-9-5-3-6-10-13)16(18)17(14)11-7-4-8-12-17/h3,5-6,9-10H,2,4,7-8,11-12H2,1H3. The Morgan fingerprint density at radius 3 is 2.33 bits per heavy atom. The first-order chi connectivity index (χ1) is 8.79. The molecule has 0 atom stereocenters. The summed E-state index contributed by atoms with van der Waals surface area (Å²) in [5.41, 5.74) is 3.52. The molecule has 0 amide bonds. The summed E-state index contributed by atoms with van der Waals surface area (Å²) in [5.74, 6) is 0.422. The Morgan fingerprint density at radius 1 is 1.06 bits per heavy atom. The molecule has 1 fully saturated rings. The summed E-state index contributed by atoms with van der Waals surface area (Å²) >= 11 is 0. The van der Waals surface area contributed by atoms with Gasteiger partial charge in [-0.1, -0.05) is 56.5 Å². The Morgan fingerprint density at radius 2 is 1.72 bits per heavy atom. The molecule has 1 aromatic rings. The van der Waals surface area contributed by atoms with Gasteiger partial charge in [-0.25, -0.2) is 0 Å². The lowest BCUT2D eigenvalue weighted by Crippen LogP contribution is -2.44. The highest BCUT2D eigenvalue weighted by molar-refractivity contribution is 6.32. The molecule has 0 radical (unpaired) electrons. The SMILES string of the molecule is CCC1=C(c2ccccc2)C(=O)C12CCCCC2. The van der Waals surface area contributed by atoms with Crippen molar-refractivity contribution >= 4 is 11.4 Å². The van der Waals surface area contributed by atoms with Crippen LogP contribution in [0.15, 0.2) is 35.9 Å². The highest BCUT2D eigenvalue weighted by Gasteiger charge is 2.52. The molecule has 0 aliphatic heterocycles. The second-order valence-electron chi connectivity index (χ2n) is 5.55. The van der Waals surface area contributed by atoms with Gasteiger partial charge >= 0.3 is 0 Å². The van der Waals surface area contributed by atoms with Crippen LogP contribution in [0.25, 0.3) is 5.57 Å². The average Bonchev–Trinajstić information content (AvgIpc) is 2.45. The monoisotopic (exact) mass is 240 g/mol. The van der Waals surface area contributed by atoms with Crippen LogP contribution in [0.3, 0.4) is 0 Å². The van der Waals surface area contributed by atoms with Crippen molar-refractivity contribution in [2.45, 2.75) is 45.4 Å². The second kappa shape index (κ2) is 4.38. The highest BCUT2D eigenvalue weighted by atomic mass is 16.1. The van der Waals surface area contributed by atoms with E-state index in [1.807, 2.05) is 18.2 Å². The third-order valence-corrected chi connectivity index (χ3v) is 4.66. The Bertz CT molecular complexity index is 490. The van der Waals surface area contributed by atoms with E-state index in [9.17, 15) is 4.79 Å². The van der Waals surface area contributed by atoms with Crippen LogP contribution in [0, 0.1) is 5.41 Å². The maximum absolute atomic E-state index is 12.7. The van der Waals surface area contributed by atoms with Crippen molar-refractivity contribution in [1.29, 1.82) is 0 Å². The molecule has 0 heterocycles. The molecule has 1 aromatic carbocycles. The van der Waals surface area contributed by atoms with Crippen LogP contribution >= 0.6 is 0 Å². The van der Waals surface area contributed by atoms with Crippen molar-refractivity contribution in [3.05, 3.63) is 41.5 Å². The molecule has 3 rings (SSSR count). The molecular formula is C17H20O. The summed E-state index contributed by atoms with van der Waals surface area (Å²) in [7, 11) is 0. The van der Waals surface area contributed by atoms with Gasteiger partial charge in [0.25, 0.3) is 0 Å². The van der Waals surface area contributed by atoms with Crippen LogP contribution in [-0.4, -0.2) is 5.78 Å². The van der Waals surface area contributed by atoms with Gasteiger partial charge in [-0.15, -0.1) is 0 Å². The Labute approximate surface area is 109 Å². The first kappa shape index (κ1) is 11.7. The van der Waals surface area contributed by atoms with E-state index in [0.717, 1.165) is 30.4 Å². The van der Waals surface area contributed by atoms with E-state index in [-0.39, 0.29) is 5.41 Å². The fourth-order valence-electron chi connectivity index (χ4n) is 3.80. The van der Waals surface area contributed by atoms with E-state index in [4.69, 9.17) is 0 Å². The Hall–Kier alpha value is -1.37. The molecule has 0 unspecified atom stereocenters. The van der Waals surface area contributed by atoms with Crippen molar-refractivity contribution in [1.82, 2.24) is 0 Å². The van der Waals surface area contributed by atoms with Gasteiger partial charge in [0, 0.05) is 5.57 Å². The van der Waals surface area contributed by atoms with Gasteiger partial charge in [0.1, 0.15) is 0 Å². The molecule has 1 saturated carbocycles. The molecule has 18 heavy (non-hydrogen) atoms. The van der Waals surface area contributed by atoms with Gasteiger partial charge in [0.05, 0.1) is 5.41 Å². The summed E-state index contributed by atoms with van der Waals surface area (Å²) in [6, 6.07) is 10.2. The Balaban J connectivity index is 2.04. The van der Waals surface area contributed by atoms with E-state index in [1.54, 1.807) is 0 Å². The maximum Gasteiger partial charge on any atom is 0.173 e. The van der Waals surface area contributed by atoms with Gasteiger partial charge in [0.2, 0.25) is 0 Å². The second-order valence-corrected chi connectivity index (χ2v) is 5.55. The minimum Gasteiger partial charge on any atom is -0.293 e. The summed E-state index contributed by atoms with van der Waals surface area (Å²) in [5, 5.41) is 0. The molecule has 0 N–H and O–H groups in total. The zero-order chi connectivity index (χ0) is 12.6. The lowest BCUT2D eigenvalue weighted by molar-refractivity contribution is -0.125. The van der Waals surface area contributed by atoms with Crippen LogP contribution in [0.1, 0.15) is 51.0 Å². The van der Waals surface area contributed by atoms with Crippen molar-refractivity contribution in [2.24, 2.45) is 5.41 Å². The third-order valence-electron chi connectivity index (χ3n) is 4.66. The van der Waals surface area contributed by atoms with Crippen molar-refractivity contribution in [2.75, 3.05) is 0 Å². The molecule has 0 aromatic heterocycles. The number of allylic oxidation sites excluding steroid dienone is 2. The first-order valence-corrected chi connectivity index (χ1v) is 7.13. The lowest BCUT2D eigenvalue weighted by Gasteiger charge is -2.47. The van der Waals surface area contributed by atoms with Gasteiger partial charge < -0.3 is 0 Å². The number of hydrogen-bond acceptors (Lipinski definition) is 1. The fourth-order valence-corrected chi connectivity index (χ4v) is 3.80. The summed E-state index contributed by atoms with van der Waals surface area (Å²) in [6.07, 6.45) is 6.94. The topological polar surface area (TPSA) is 17.1 Å². The number of carbonyl (C=O) groups excluding carboxylic acids is 1. The van der Waals surface area contributed by atoms with E-state index in [0.29, 0.717) is 5.78 Å². The maximum atomic E-state index is 12.7. The van der Waals surface area contributed by atoms with Gasteiger partial charge in [0.15, 0.2) is 5.78 Å². The Kier molecular flexibility index (Phi) is 2.85. The number of Topliss-reactive ketones (excluding diaryl/α,β-unsaturated/α-hetero) is 1. The summed E-state index contributed by atoms with van der Waals surface area (Å²) in [6.45, 7) is 2.20. The zero-order valence-electron chi connectivity index (χ0n) is 11.0. The van der Waals surface area contributed by atoms with Gasteiger partial charge in [-0.05, 0) is 30.4 Å². The lowest BCUT2D eigenvalue weighted by atomic mass is 9.54. The van der Waals surface area contributed by atoms with Crippen molar-refractivity contribution in [3.63, 3.8) is 0 Å². The highest BCUT2D eigenvalue weighted by Crippen LogP contribution is 2.56. The molecule has 94 valence electrons. The third kappa shape index (κ3) is 1.50.